The molecule has 0 saturated heterocycles. The second-order valence-electron chi connectivity index (χ2n) is 8.64. The summed E-state index contributed by atoms with van der Waals surface area (Å²) in [5, 5.41) is 3.80. The summed E-state index contributed by atoms with van der Waals surface area (Å²) in [5.74, 6) is 1.08. The van der Waals surface area contributed by atoms with Gasteiger partial charge in [0.25, 0.3) is 5.91 Å². The molecule has 1 N–H and O–H groups in total. The molecule has 1 aliphatic heterocycles. The van der Waals surface area contributed by atoms with Crippen LogP contribution in [0.4, 0.5) is 16.2 Å². The van der Waals surface area contributed by atoms with E-state index in [1.165, 1.54) is 7.11 Å². The van der Waals surface area contributed by atoms with E-state index >= 15 is 0 Å². The van der Waals surface area contributed by atoms with Crippen molar-refractivity contribution in [1.82, 2.24) is 4.90 Å². The quantitative estimate of drug-likeness (QED) is 0.310. The second-order valence-corrected chi connectivity index (χ2v) is 10.3. The fourth-order valence-corrected chi connectivity index (χ4v) is 4.83. The van der Waals surface area contributed by atoms with E-state index in [0.29, 0.717) is 40.3 Å². The number of aryl methyl sites for hydroxylation is 1. The van der Waals surface area contributed by atoms with E-state index in [-0.39, 0.29) is 18.5 Å². The number of nitrogens with zero attached hydrogens (tertiary/aromatic N) is 2. The lowest BCUT2D eigenvalue weighted by atomic mass is 10.0. The van der Waals surface area contributed by atoms with E-state index in [0.717, 1.165) is 34.1 Å². The minimum Gasteiger partial charge on any atom is -0.457 e. The van der Waals surface area contributed by atoms with Gasteiger partial charge in [0.05, 0.1) is 10.0 Å². The van der Waals surface area contributed by atoms with Crippen LogP contribution in [0.25, 0.3) is 0 Å². The SMILES string of the molecule is COCC(=O)N1CCCc2ccc(NC(=O)N(C)Cc3ccc(Oc4ccc(Cl)c(Cl)c4)cc3Br)cc21. The average molecular weight is 607 g/mol. The van der Waals surface area contributed by atoms with Crippen molar-refractivity contribution >= 4 is 62.4 Å². The number of hydrogen-bond donors (Lipinski definition) is 1. The molecule has 4 rings (SSSR count). The van der Waals surface area contributed by atoms with Crippen LogP contribution >= 0.6 is 39.1 Å². The topological polar surface area (TPSA) is 71.1 Å². The van der Waals surface area contributed by atoms with Gasteiger partial charge >= 0.3 is 6.03 Å². The van der Waals surface area contributed by atoms with Gasteiger partial charge in [0.2, 0.25) is 0 Å². The summed E-state index contributed by atoms with van der Waals surface area (Å²) in [6, 6.07) is 16.0. The number of ether oxygens (including phenoxy) is 2. The van der Waals surface area contributed by atoms with Gasteiger partial charge in [-0.3, -0.25) is 4.79 Å². The highest BCUT2D eigenvalue weighted by molar-refractivity contribution is 9.10. The van der Waals surface area contributed by atoms with Crippen molar-refractivity contribution in [3.63, 3.8) is 0 Å². The smallest absolute Gasteiger partial charge is 0.321 e. The van der Waals surface area contributed by atoms with Crippen LogP contribution in [0, 0.1) is 0 Å². The highest BCUT2D eigenvalue weighted by Gasteiger charge is 2.23. The van der Waals surface area contributed by atoms with Gasteiger partial charge in [-0.15, -0.1) is 0 Å². The summed E-state index contributed by atoms with van der Waals surface area (Å²) < 4.78 is 11.7. The van der Waals surface area contributed by atoms with Crippen molar-refractivity contribution in [3.05, 3.63) is 80.2 Å². The minimum absolute atomic E-state index is 0.0188. The average Bonchev–Trinajstić information content (AvgIpc) is 2.87. The normalized spacial score (nSPS) is 12.6. The molecule has 0 radical (unpaired) electrons. The maximum absolute atomic E-state index is 12.9. The van der Waals surface area contributed by atoms with Crippen LogP contribution in [0.1, 0.15) is 17.5 Å². The van der Waals surface area contributed by atoms with E-state index in [1.54, 1.807) is 35.0 Å². The summed E-state index contributed by atoms with van der Waals surface area (Å²) >= 11 is 15.6. The second kappa shape index (κ2) is 12.2. The fraction of sp³-hybridized carbons (Fsp3) is 0.259. The molecule has 37 heavy (non-hydrogen) atoms. The molecule has 0 fully saturated rings. The van der Waals surface area contributed by atoms with E-state index in [2.05, 4.69) is 21.2 Å². The summed E-state index contributed by atoms with van der Waals surface area (Å²) in [6.45, 7) is 1.01. The number of anilines is 2. The largest absolute Gasteiger partial charge is 0.457 e. The molecule has 3 aromatic rings. The predicted molar refractivity (Wildman–Crippen MR) is 150 cm³/mol. The number of fused-ring (bicyclic) bond motifs is 1. The number of rotatable bonds is 7. The molecule has 1 aliphatic rings. The Bertz CT molecular complexity index is 1320. The molecule has 0 spiro atoms. The fourth-order valence-electron chi connectivity index (χ4n) is 4.06. The highest BCUT2D eigenvalue weighted by Crippen LogP contribution is 2.32. The summed E-state index contributed by atoms with van der Waals surface area (Å²) in [6.07, 6.45) is 1.78. The van der Waals surface area contributed by atoms with Gasteiger partial charge < -0.3 is 24.6 Å². The maximum Gasteiger partial charge on any atom is 0.321 e. The van der Waals surface area contributed by atoms with E-state index in [1.807, 2.05) is 36.4 Å². The Morgan fingerprint density at radius 1 is 1.05 bits per heavy atom. The number of halogens is 3. The molecule has 3 aromatic carbocycles. The number of hydrogen-bond acceptors (Lipinski definition) is 4. The van der Waals surface area contributed by atoms with Crippen LogP contribution in [0.15, 0.2) is 59.1 Å². The molecular weight excluding hydrogens is 581 g/mol. The number of carbonyl (C=O) groups excluding carboxylic acids is 2. The Hall–Kier alpha value is -2.78. The Balaban J connectivity index is 1.40. The molecule has 3 amide bonds. The monoisotopic (exact) mass is 605 g/mol. The van der Waals surface area contributed by atoms with Crippen molar-refractivity contribution in [1.29, 1.82) is 0 Å². The van der Waals surface area contributed by atoms with Crippen LogP contribution in [0.3, 0.4) is 0 Å². The molecule has 0 saturated carbocycles. The number of nitrogens with one attached hydrogen (secondary N) is 1. The van der Waals surface area contributed by atoms with Gasteiger partial charge in [0.1, 0.15) is 18.1 Å². The Morgan fingerprint density at radius 3 is 2.54 bits per heavy atom. The van der Waals surface area contributed by atoms with Gasteiger partial charge in [-0.2, -0.15) is 0 Å². The van der Waals surface area contributed by atoms with Gasteiger partial charge in [-0.25, -0.2) is 4.79 Å². The molecule has 0 bridgehead atoms. The molecule has 10 heteroatoms. The number of urea groups is 1. The van der Waals surface area contributed by atoms with E-state index in [4.69, 9.17) is 32.7 Å². The minimum atomic E-state index is -0.270. The third kappa shape index (κ3) is 6.76. The molecule has 0 aliphatic carbocycles. The summed E-state index contributed by atoms with van der Waals surface area (Å²) in [7, 11) is 3.22. The third-order valence-corrected chi connectivity index (χ3v) is 7.41. The Labute approximate surface area is 234 Å². The molecule has 7 nitrogen and oxygen atoms in total. The zero-order valence-electron chi connectivity index (χ0n) is 20.4. The standard InChI is InChI=1S/C27H26BrCl2N3O4/c1-32(15-18-6-8-20(13-22(18)28)37-21-9-10-23(29)24(30)14-21)27(35)31-19-7-5-17-4-3-11-33(25(17)12-19)26(34)16-36-2/h5-10,12-14H,3-4,11,15-16H2,1-2H3,(H,31,35). The maximum atomic E-state index is 12.9. The van der Waals surface area contributed by atoms with Crippen molar-refractivity contribution < 1.29 is 19.1 Å². The van der Waals surface area contributed by atoms with E-state index in [9.17, 15) is 9.59 Å². The van der Waals surface area contributed by atoms with Gasteiger partial charge in [-0.05, 0) is 60.4 Å². The predicted octanol–water partition coefficient (Wildman–Crippen LogP) is 7.14. The van der Waals surface area contributed by atoms with Crippen molar-refractivity contribution in [3.8, 4) is 11.5 Å². The molecule has 0 atom stereocenters. The van der Waals surface area contributed by atoms with Crippen molar-refractivity contribution in [2.75, 3.05) is 37.5 Å². The molecular formula is C27H26BrCl2N3O4. The van der Waals surface area contributed by atoms with E-state index < -0.39 is 0 Å². The molecule has 0 unspecified atom stereocenters. The number of benzene rings is 3. The molecule has 194 valence electrons. The van der Waals surface area contributed by atoms with Gasteiger partial charge in [0, 0.05) is 49.2 Å². The first-order chi connectivity index (χ1) is 17.7. The lowest BCUT2D eigenvalue weighted by Crippen LogP contribution is -2.38. The van der Waals surface area contributed by atoms with Crippen LogP contribution in [-0.2, 0) is 22.5 Å². The van der Waals surface area contributed by atoms with Crippen LogP contribution in [0.5, 0.6) is 11.5 Å². The number of carbonyl (C=O) groups is 2. The first kappa shape index (κ1) is 27.3. The highest BCUT2D eigenvalue weighted by atomic mass is 79.9. The summed E-state index contributed by atoms with van der Waals surface area (Å²) in [4.78, 5) is 28.7. The first-order valence-corrected chi connectivity index (χ1v) is 13.2. The van der Waals surface area contributed by atoms with Crippen LogP contribution in [-0.4, -0.2) is 44.1 Å². The lowest BCUT2D eigenvalue weighted by Gasteiger charge is -2.30. The van der Waals surface area contributed by atoms with Gasteiger partial charge in [0.15, 0.2) is 0 Å². The summed E-state index contributed by atoms with van der Waals surface area (Å²) in [5.41, 5.74) is 3.42. The number of methoxy groups -OCH3 is 1. The molecule has 1 heterocycles. The van der Waals surface area contributed by atoms with Crippen molar-refractivity contribution in [2.45, 2.75) is 19.4 Å². The van der Waals surface area contributed by atoms with Crippen LogP contribution < -0.4 is 15.0 Å². The zero-order valence-corrected chi connectivity index (χ0v) is 23.5. The Kier molecular flexibility index (Phi) is 8.97. The zero-order chi connectivity index (χ0) is 26.5. The van der Waals surface area contributed by atoms with Gasteiger partial charge in [-0.1, -0.05) is 51.3 Å². The van der Waals surface area contributed by atoms with Crippen LogP contribution in [0.2, 0.25) is 10.0 Å². The lowest BCUT2D eigenvalue weighted by molar-refractivity contribution is -0.122. The first-order valence-electron chi connectivity index (χ1n) is 11.6. The van der Waals surface area contributed by atoms with Crippen molar-refractivity contribution in [2.24, 2.45) is 0 Å². The Morgan fingerprint density at radius 2 is 1.81 bits per heavy atom. The third-order valence-electron chi connectivity index (χ3n) is 5.93. The number of amides is 3. The molecule has 0 aromatic heterocycles.